The highest BCUT2D eigenvalue weighted by Crippen LogP contribution is 2.21. The number of aromatic nitrogens is 1. The number of aryl methyl sites for hydroxylation is 1. The molecule has 1 aromatic heterocycles. The summed E-state index contributed by atoms with van der Waals surface area (Å²) in [6, 6.07) is 9.58. The zero-order valence-corrected chi connectivity index (χ0v) is 13.9. The number of carbonyl (C=O) groups is 1. The molecule has 1 atom stereocenters. The van der Waals surface area contributed by atoms with Crippen LogP contribution in [0.1, 0.15) is 31.7 Å². The van der Waals surface area contributed by atoms with Crippen LogP contribution >= 0.6 is 0 Å². The number of rotatable bonds is 7. The summed E-state index contributed by atoms with van der Waals surface area (Å²) in [5.74, 6) is 1.39. The third-order valence-corrected chi connectivity index (χ3v) is 3.52. The Kier molecular flexibility index (Phi) is 5.93. The lowest BCUT2D eigenvalue weighted by atomic mass is 10.1. The standard InChI is InChI=1S/C18H24N2O3/c1-12(2)9-15(21)11-19-17(22)10-16-13(3)23-18(20-16)14-7-5-4-6-8-14/h4-8,12,15,21H,9-11H2,1-3H3,(H,19,22). The van der Waals surface area contributed by atoms with Crippen molar-refractivity contribution in [2.24, 2.45) is 5.92 Å². The van der Waals surface area contributed by atoms with Gasteiger partial charge in [0.05, 0.1) is 18.2 Å². The molecule has 0 aliphatic rings. The molecule has 23 heavy (non-hydrogen) atoms. The summed E-state index contributed by atoms with van der Waals surface area (Å²) in [5, 5.41) is 12.5. The van der Waals surface area contributed by atoms with Crippen LogP contribution in [-0.2, 0) is 11.2 Å². The van der Waals surface area contributed by atoms with E-state index in [0.717, 1.165) is 5.56 Å². The topological polar surface area (TPSA) is 75.4 Å². The molecule has 0 bridgehead atoms. The average Bonchev–Trinajstić information content (AvgIpc) is 2.86. The van der Waals surface area contributed by atoms with E-state index in [9.17, 15) is 9.90 Å². The Morgan fingerprint density at radius 2 is 2.00 bits per heavy atom. The van der Waals surface area contributed by atoms with Gasteiger partial charge in [0.25, 0.3) is 0 Å². The molecule has 0 radical (unpaired) electrons. The number of nitrogens with one attached hydrogen (secondary N) is 1. The Morgan fingerprint density at radius 1 is 1.30 bits per heavy atom. The molecule has 0 aliphatic heterocycles. The van der Waals surface area contributed by atoms with Crippen LogP contribution < -0.4 is 5.32 Å². The van der Waals surface area contributed by atoms with Gasteiger partial charge < -0.3 is 14.8 Å². The van der Waals surface area contributed by atoms with Gasteiger partial charge in [-0.25, -0.2) is 4.98 Å². The van der Waals surface area contributed by atoms with Crippen LogP contribution in [0.5, 0.6) is 0 Å². The van der Waals surface area contributed by atoms with Crippen LogP contribution in [0.4, 0.5) is 0 Å². The third-order valence-electron chi connectivity index (χ3n) is 3.52. The number of hydrogen-bond acceptors (Lipinski definition) is 4. The van der Waals surface area contributed by atoms with E-state index in [1.165, 1.54) is 0 Å². The molecule has 2 N–H and O–H groups in total. The molecular formula is C18H24N2O3. The Hall–Kier alpha value is -2.14. The molecule has 2 aromatic rings. The number of benzene rings is 1. The van der Waals surface area contributed by atoms with E-state index in [-0.39, 0.29) is 18.9 Å². The minimum atomic E-state index is -0.516. The Bertz CT molecular complexity index is 635. The lowest BCUT2D eigenvalue weighted by Crippen LogP contribution is -2.33. The van der Waals surface area contributed by atoms with Crippen molar-refractivity contribution in [3.05, 3.63) is 41.8 Å². The molecule has 0 spiro atoms. The van der Waals surface area contributed by atoms with Gasteiger partial charge in [-0.1, -0.05) is 32.0 Å². The van der Waals surface area contributed by atoms with Crippen LogP contribution in [0, 0.1) is 12.8 Å². The van der Waals surface area contributed by atoms with Gasteiger partial charge in [0.2, 0.25) is 11.8 Å². The molecule has 124 valence electrons. The summed E-state index contributed by atoms with van der Waals surface area (Å²) in [7, 11) is 0. The molecule has 5 nitrogen and oxygen atoms in total. The van der Waals surface area contributed by atoms with E-state index >= 15 is 0 Å². The van der Waals surface area contributed by atoms with Crippen LogP contribution in [0.2, 0.25) is 0 Å². The quantitative estimate of drug-likeness (QED) is 0.823. The smallest absolute Gasteiger partial charge is 0.226 e. The number of aliphatic hydroxyl groups is 1. The predicted molar refractivity (Wildman–Crippen MR) is 88.9 cm³/mol. The van der Waals surface area contributed by atoms with E-state index in [1.54, 1.807) is 6.92 Å². The molecular weight excluding hydrogens is 292 g/mol. The van der Waals surface area contributed by atoms with Crippen LogP contribution in [0.15, 0.2) is 34.7 Å². The maximum atomic E-state index is 12.0. The largest absolute Gasteiger partial charge is 0.441 e. The number of aliphatic hydroxyl groups excluding tert-OH is 1. The second kappa shape index (κ2) is 7.92. The Balaban J connectivity index is 1.93. The molecule has 1 unspecified atom stereocenters. The van der Waals surface area contributed by atoms with Gasteiger partial charge >= 0.3 is 0 Å². The van der Waals surface area contributed by atoms with Crippen molar-refractivity contribution in [2.75, 3.05) is 6.54 Å². The van der Waals surface area contributed by atoms with Gasteiger partial charge in [-0.2, -0.15) is 0 Å². The van der Waals surface area contributed by atoms with Crippen LogP contribution in [-0.4, -0.2) is 28.6 Å². The number of oxazole rings is 1. The highest BCUT2D eigenvalue weighted by Gasteiger charge is 2.15. The van der Waals surface area contributed by atoms with Crippen molar-refractivity contribution in [1.29, 1.82) is 0 Å². The first-order valence-corrected chi connectivity index (χ1v) is 7.92. The van der Waals surface area contributed by atoms with Gasteiger partial charge in [-0.15, -0.1) is 0 Å². The zero-order chi connectivity index (χ0) is 16.8. The SMILES string of the molecule is Cc1oc(-c2ccccc2)nc1CC(=O)NCC(O)CC(C)C. The van der Waals surface area contributed by atoms with Crippen molar-refractivity contribution < 1.29 is 14.3 Å². The first kappa shape index (κ1) is 17.2. The molecule has 1 amide bonds. The second-order valence-electron chi connectivity index (χ2n) is 6.15. The molecule has 0 fully saturated rings. The molecule has 5 heteroatoms. The average molecular weight is 316 g/mol. The number of hydrogen-bond donors (Lipinski definition) is 2. The number of carbonyl (C=O) groups excluding carboxylic acids is 1. The summed E-state index contributed by atoms with van der Waals surface area (Å²) < 4.78 is 5.64. The van der Waals surface area contributed by atoms with E-state index in [1.807, 2.05) is 44.2 Å². The van der Waals surface area contributed by atoms with Crippen molar-refractivity contribution in [1.82, 2.24) is 10.3 Å². The van der Waals surface area contributed by atoms with Gasteiger partial charge in [-0.3, -0.25) is 4.79 Å². The molecule has 1 aromatic carbocycles. The van der Waals surface area contributed by atoms with Crippen LogP contribution in [0.3, 0.4) is 0 Å². The normalized spacial score (nSPS) is 12.4. The highest BCUT2D eigenvalue weighted by atomic mass is 16.4. The van der Waals surface area contributed by atoms with Gasteiger partial charge in [-0.05, 0) is 31.4 Å². The number of nitrogens with zero attached hydrogens (tertiary/aromatic N) is 1. The summed E-state index contributed by atoms with van der Waals surface area (Å²) in [4.78, 5) is 16.4. The Labute approximate surface area is 136 Å². The van der Waals surface area contributed by atoms with Crippen LogP contribution in [0.25, 0.3) is 11.5 Å². The Morgan fingerprint density at radius 3 is 2.65 bits per heavy atom. The molecule has 0 saturated heterocycles. The fourth-order valence-electron chi connectivity index (χ4n) is 2.37. The number of amides is 1. The maximum absolute atomic E-state index is 12.0. The molecule has 0 saturated carbocycles. The minimum Gasteiger partial charge on any atom is -0.441 e. The monoisotopic (exact) mass is 316 g/mol. The fourth-order valence-corrected chi connectivity index (χ4v) is 2.37. The molecule has 0 aliphatic carbocycles. The van der Waals surface area contributed by atoms with Crippen molar-refractivity contribution >= 4 is 5.91 Å². The summed E-state index contributed by atoms with van der Waals surface area (Å²) in [5.41, 5.74) is 1.51. The van der Waals surface area contributed by atoms with Gasteiger partial charge in [0, 0.05) is 12.1 Å². The first-order chi connectivity index (χ1) is 11.0. The van der Waals surface area contributed by atoms with Gasteiger partial charge in [0.1, 0.15) is 5.76 Å². The summed E-state index contributed by atoms with van der Waals surface area (Å²) in [6.45, 7) is 6.14. The maximum Gasteiger partial charge on any atom is 0.226 e. The van der Waals surface area contributed by atoms with E-state index in [2.05, 4.69) is 10.3 Å². The zero-order valence-electron chi connectivity index (χ0n) is 13.9. The van der Waals surface area contributed by atoms with E-state index in [0.29, 0.717) is 29.7 Å². The molecule has 2 rings (SSSR count). The lowest BCUT2D eigenvalue weighted by Gasteiger charge is -2.13. The second-order valence-corrected chi connectivity index (χ2v) is 6.15. The predicted octanol–water partition coefficient (Wildman–Crippen LogP) is 2.72. The van der Waals surface area contributed by atoms with E-state index in [4.69, 9.17) is 4.42 Å². The van der Waals surface area contributed by atoms with Crippen molar-refractivity contribution in [3.8, 4) is 11.5 Å². The van der Waals surface area contributed by atoms with Crippen molar-refractivity contribution in [3.63, 3.8) is 0 Å². The van der Waals surface area contributed by atoms with E-state index < -0.39 is 6.10 Å². The van der Waals surface area contributed by atoms with Crippen molar-refractivity contribution in [2.45, 2.75) is 39.7 Å². The van der Waals surface area contributed by atoms with Gasteiger partial charge in [0.15, 0.2) is 0 Å². The fraction of sp³-hybridized carbons (Fsp3) is 0.444. The third kappa shape index (κ3) is 5.21. The summed E-state index contributed by atoms with van der Waals surface area (Å²) >= 11 is 0. The molecule has 1 heterocycles. The minimum absolute atomic E-state index is 0.149. The summed E-state index contributed by atoms with van der Waals surface area (Å²) in [6.07, 6.45) is 0.301. The lowest BCUT2D eigenvalue weighted by molar-refractivity contribution is -0.121. The first-order valence-electron chi connectivity index (χ1n) is 7.92. The highest BCUT2D eigenvalue weighted by molar-refractivity contribution is 5.78.